The highest BCUT2D eigenvalue weighted by atomic mass is 16.5. The lowest BCUT2D eigenvalue weighted by atomic mass is 9.88. The zero-order chi connectivity index (χ0) is 33.1. The number of nitrogens with one attached hydrogen (secondary N) is 1. The molecule has 0 spiro atoms. The van der Waals surface area contributed by atoms with Gasteiger partial charge in [-0.3, -0.25) is 19.2 Å². The summed E-state index contributed by atoms with van der Waals surface area (Å²) < 4.78 is 11.0. The van der Waals surface area contributed by atoms with Gasteiger partial charge in [0.15, 0.2) is 0 Å². The van der Waals surface area contributed by atoms with Gasteiger partial charge in [-0.05, 0) is 68.8 Å². The van der Waals surface area contributed by atoms with Crippen molar-refractivity contribution in [2.75, 3.05) is 59.8 Å². The molecule has 2 aromatic carbocycles. The first-order valence-electron chi connectivity index (χ1n) is 15.7. The van der Waals surface area contributed by atoms with Crippen LogP contribution in [0.15, 0.2) is 36.4 Å². The summed E-state index contributed by atoms with van der Waals surface area (Å²) in [5, 5.41) is 3.03. The van der Waals surface area contributed by atoms with Crippen molar-refractivity contribution in [2.45, 2.75) is 58.4 Å². The highest BCUT2D eigenvalue weighted by Crippen LogP contribution is 2.37. The standard InChI is InChI=1S/C34H49N5O6/c1-7-9-23(10-8-2)33(42)36-26-12-11-24-19-30(25-17-27(44-5)21-28(18-25)45-6)39(34(43)29(24)20-26)14-13-32(41)38(22-31(35)40)16-15-37(3)4/h11-12,17-18,20-21,23,30H,7-10,13-16,19,22H2,1-6H3,(H2,35,40)(H,36,42). The number of nitrogens with zero attached hydrogens (tertiary/aromatic N) is 3. The summed E-state index contributed by atoms with van der Waals surface area (Å²) in [6.45, 7) is 4.95. The monoisotopic (exact) mass is 623 g/mol. The fourth-order valence-corrected chi connectivity index (χ4v) is 5.75. The Morgan fingerprint density at radius 2 is 1.64 bits per heavy atom. The number of anilines is 1. The Kier molecular flexibility index (Phi) is 13.2. The molecule has 1 aliphatic heterocycles. The molecule has 1 heterocycles. The predicted octanol–water partition coefficient (Wildman–Crippen LogP) is 3.86. The number of likely N-dealkylation sites (N-methyl/N-ethyl adjacent to an activating group) is 1. The predicted molar refractivity (Wildman–Crippen MR) is 174 cm³/mol. The molecule has 0 aromatic heterocycles. The topological polar surface area (TPSA) is 135 Å². The zero-order valence-corrected chi connectivity index (χ0v) is 27.6. The van der Waals surface area contributed by atoms with Gasteiger partial charge in [0, 0.05) is 49.3 Å². The van der Waals surface area contributed by atoms with Crippen LogP contribution in [-0.4, -0.2) is 92.8 Å². The Bertz CT molecular complexity index is 1320. The summed E-state index contributed by atoms with van der Waals surface area (Å²) in [4.78, 5) is 57.4. The van der Waals surface area contributed by atoms with E-state index in [0.29, 0.717) is 42.3 Å². The molecule has 4 amide bonds. The molecule has 0 aliphatic carbocycles. The Balaban J connectivity index is 1.95. The second-order valence-electron chi connectivity index (χ2n) is 11.8. The van der Waals surface area contributed by atoms with Crippen molar-refractivity contribution >= 4 is 29.3 Å². The molecule has 11 nitrogen and oxygen atoms in total. The van der Waals surface area contributed by atoms with E-state index in [1.165, 1.54) is 4.90 Å². The highest BCUT2D eigenvalue weighted by Gasteiger charge is 2.35. The van der Waals surface area contributed by atoms with Crippen LogP contribution >= 0.6 is 0 Å². The lowest BCUT2D eigenvalue weighted by Gasteiger charge is -2.38. The first-order valence-corrected chi connectivity index (χ1v) is 15.7. The minimum atomic E-state index is -0.596. The Labute approximate surface area is 267 Å². The number of nitrogens with two attached hydrogens (primary N) is 1. The van der Waals surface area contributed by atoms with Gasteiger partial charge in [-0.15, -0.1) is 0 Å². The first kappa shape index (κ1) is 35.4. The molecule has 11 heteroatoms. The lowest BCUT2D eigenvalue weighted by Crippen LogP contribution is -2.45. The van der Waals surface area contributed by atoms with Crippen molar-refractivity contribution < 1.29 is 28.7 Å². The van der Waals surface area contributed by atoms with E-state index in [9.17, 15) is 19.2 Å². The van der Waals surface area contributed by atoms with Crippen LogP contribution < -0.4 is 20.5 Å². The number of hydrogen-bond acceptors (Lipinski definition) is 7. The van der Waals surface area contributed by atoms with Gasteiger partial charge < -0.3 is 35.2 Å². The van der Waals surface area contributed by atoms with Crippen LogP contribution in [0.3, 0.4) is 0 Å². The molecule has 3 N–H and O–H groups in total. The van der Waals surface area contributed by atoms with Crippen molar-refractivity contribution in [3.05, 3.63) is 53.1 Å². The maximum atomic E-state index is 14.2. The summed E-state index contributed by atoms with van der Waals surface area (Å²) in [5.74, 6) is -0.0736. The SMILES string of the molecule is CCCC(CCC)C(=O)Nc1ccc2c(c1)C(=O)N(CCC(=O)N(CCN(C)C)CC(N)=O)C(c1cc(OC)cc(OC)c1)C2. The quantitative estimate of drug-likeness (QED) is 0.273. The fourth-order valence-electron chi connectivity index (χ4n) is 5.75. The Morgan fingerprint density at radius 3 is 2.20 bits per heavy atom. The third-order valence-corrected chi connectivity index (χ3v) is 8.14. The van der Waals surface area contributed by atoms with Gasteiger partial charge in [0.05, 0.1) is 26.8 Å². The molecular weight excluding hydrogens is 574 g/mol. The molecule has 1 aliphatic rings. The van der Waals surface area contributed by atoms with Gasteiger partial charge in [-0.2, -0.15) is 0 Å². The number of methoxy groups -OCH3 is 2. The summed E-state index contributed by atoms with van der Waals surface area (Å²) in [7, 11) is 6.90. The summed E-state index contributed by atoms with van der Waals surface area (Å²) >= 11 is 0. The van der Waals surface area contributed by atoms with E-state index in [1.54, 1.807) is 31.3 Å². The number of benzene rings is 2. The Morgan fingerprint density at radius 1 is 1.00 bits per heavy atom. The lowest BCUT2D eigenvalue weighted by molar-refractivity contribution is -0.135. The summed E-state index contributed by atoms with van der Waals surface area (Å²) in [6.07, 6.45) is 3.93. The minimum absolute atomic E-state index is 0.00548. The molecular formula is C34H49N5O6. The van der Waals surface area contributed by atoms with E-state index in [0.717, 1.165) is 36.8 Å². The number of amides is 4. The van der Waals surface area contributed by atoms with Gasteiger partial charge in [-0.25, -0.2) is 0 Å². The van der Waals surface area contributed by atoms with Crippen LogP contribution in [0.1, 0.15) is 73.5 Å². The van der Waals surface area contributed by atoms with Gasteiger partial charge >= 0.3 is 0 Å². The molecule has 0 bridgehead atoms. The number of carbonyl (C=O) groups excluding carboxylic acids is 4. The van der Waals surface area contributed by atoms with Gasteiger partial charge in [0.1, 0.15) is 11.5 Å². The van der Waals surface area contributed by atoms with E-state index in [4.69, 9.17) is 15.2 Å². The van der Waals surface area contributed by atoms with E-state index >= 15 is 0 Å². The van der Waals surface area contributed by atoms with Crippen LogP contribution in [0.25, 0.3) is 0 Å². The third kappa shape index (κ3) is 9.68. The number of carbonyl (C=O) groups is 4. The normalized spacial score (nSPS) is 14.4. The van der Waals surface area contributed by atoms with E-state index in [2.05, 4.69) is 19.2 Å². The summed E-state index contributed by atoms with van der Waals surface area (Å²) in [5.41, 5.74) is 8.13. The number of primary amides is 1. The first-order chi connectivity index (χ1) is 21.5. The highest BCUT2D eigenvalue weighted by molar-refractivity contribution is 6.00. The van der Waals surface area contributed by atoms with Gasteiger partial charge in [0.25, 0.3) is 5.91 Å². The van der Waals surface area contributed by atoms with Crippen LogP contribution in [0.4, 0.5) is 5.69 Å². The van der Waals surface area contributed by atoms with Crippen molar-refractivity contribution in [1.29, 1.82) is 0 Å². The van der Waals surface area contributed by atoms with E-state index < -0.39 is 11.9 Å². The van der Waals surface area contributed by atoms with Crippen molar-refractivity contribution in [1.82, 2.24) is 14.7 Å². The average Bonchev–Trinajstić information content (AvgIpc) is 3.01. The zero-order valence-electron chi connectivity index (χ0n) is 27.6. The van der Waals surface area contributed by atoms with Gasteiger partial charge in [0.2, 0.25) is 17.7 Å². The molecule has 0 saturated heterocycles. The van der Waals surface area contributed by atoms with Crippen LogP contribution in [0.5, 0.6) is 11.5 Å². The number of hydrogen-bond donors (Lipinski definition) is 2. The second-order valence-corrected chi connectivity index (χ2v) is 11.8. The second kappa shape index (κ2) is 16.8. The van der Waals surface area contributed by atoms with Crippen LogP contribution in [0.2, 0.25) is 0 Å². The van der Waals surface area contributed by atoms with Crippen LogP contribution in [0, 0.1) is 5.92 Å². The average molecular weight is 624 g/mol. The smallest absolute Gasteiger partial charge is 0.254 e. The van der Waals surface area contributed by atoms with Crippen molar-refractivity contribution in [3.8, 4) is 11.5 Å². The molecule has 0 radical (unpaired) electrons. The molecule has 1 unspecified atom stereocenters. The maximum Gasteiger partial charge on any atom is 0.254 e. The van der Waals surface area contributed by atoms with Crippen molar-refractivity contribution in [2.24, 2.45) is 11.7 Å². The van der Waals surface area contributed by atoms with Gasteiger partial charge in [-0.1, -0.05) is 32.8 Å². The fraction of sp³-hybridized carbons (Fsp3) is 0.529. The van der Waals surface area contributed by atoms with E-state index in [1.807, 2.05) is 43.3 Å². The number of rotatable bonds is 17. The third-order valence-electron chi connectivity index (χ3n) is 8.14. The number of fused-ring (bicyclic) bond motifs is 1. The molecule has 3 rings (SSSR count). The molecule has 246 valence electrons. The maximum absolute atomic E-state index is 14.2. The largest absolute Gasteiger partial charge is 0.497 e. The number of ether oxygens (including phenoxy) is 2. The van der Waals surface area contributed by atoms with Crippen molar-refractivity contribution in [3.63, 3.8) is 0 Å². The summed E-state index contributed by atoms with van der Waals surface area (Å²) in [6, 6.07) is 10.6. The molecule has 45 heavy (non-hydrogen) atoms. The minimum Gasteiger partial charge on any atom is -0.497 e. The molecule has 1 atom stereocenters. The molecule has 0 fully saturated rings. The molecule has 0 saturated carbocycles. The van der Waals surface area contributed by atoms with Crippen LogP contribution in [-0.2, 0) is 20.8 Å². The molecule has 2 aromatic rings. The Hall–Kier alpha value is -4.12. The van der Waals surface area contributed by atoms with E-state index in [-0.39, 0.29) is 43.1 Å².